The number of rotatable bonds is 6. The zero-order chi connectivity index (χ0) is 19.9. The average molecular weight is 396 g/mol. The third-order valence-corrected chi connectivity index (χ3v) is 4.66. The van der Waals surface area contributed by atoms with Crippen LogP contribution in [0.1, 0.15) is 5.56 Å². The van der Waals surface area contributed by atoms with Crippen LogP contribution in [0.15, 0.2) is 77.7 Å². The van der Waals surface area contributed by atoms with E-state index in [0.29, 0.717) is 34.9 Å². The molecule has 7 heteroatoms. The molecular formula is C21H20N2O4S. The average Bonchev–Trinajstić information content (AvgIpc) is 2.74. The maximum atomic E-state index is 13.1. The largest absolute Gasteiger partial charge is 0.504 e. The first-order chi connectivity index (χ1) is 13.6. The molecule has 3 N–H and O–H groups in total. The monoisotopic (exact) mass is 396 g/mol. The Hall–Kier alpha value is -3.16. The minimum Gasteiger partial charge on any atom is -0.504 e. The van der Waals surface area contributed by atoms with Gasteiger partial charge in [0.15, 0.2) is 11.5 Å². The van der Waals surface area contributed by atoms with Crippen molar-refractivity contribution in [3.8, 4) is 11.5 Å². The van der Waals surface area contributed by atoms with Crippen LogP contribution in [-0.4, -0.2) is 22.8 Å². The van der Waals surface area contributed by atoms with Crippen LogP contribution in [0.4, 0.5) is 16.2 Å². The number of carbonyl (C=O) groups is 1. The van der Waals surface area contributed by atoms with Gasteiger partial charge in [-0.2, -0.15) is 0 Å². The Balaban J connectivity index is 1.92. The lowest BCUT2D eigenvalue weighted by atomic mass is 10.2. The van der Waals surface area contributed by atoms with Crippen LogP contribution in [0.5, 0.6) is 11.5 Å². The van der Waals surface area contributed by atoms with Gasteiger partial charge in [-0.1, -0.05) is 42.5 Å². The summed E-state index contributed by atoms with van der Waals surface area (Å²) >= 11 is 0.591. The highest BCUT2D eigenvalue weighted by Crippen LogP contribution is 2.31. The number of methoxy groups -OCH3 is 1. The minimum absolute atomic E-state index is 0.0105. The van der Waals surface area contributed by atoms with Crippen LogP contribution >= 0.6 is 12.0 Å². The summed E-state index contributed by atoms with van der Waals surface area (Å²) in [7, 11) is 1.44. The summed E-state index contributed by atoms with van der Waals surface area (Å²) in [5.41, 5.74) is 2.01. The highest BCUT2D eigenvalue weighted by molar-refractivity contribution is 7.94. The summed E-state index contributed by atoms with van der Waals surface area (Å²) in [5, 5.41) is 12.6. The van der Waals surface area contributed by atoms with Crippen molar-refractivity contribution in [2.45, 2.75) is 11.4 Å². The number of anilines is 2. The van der Waals surface area contributed by atoms with Gasteiger partial charge < -0.3 is 19.7 Å². The molecule has 0 aliphatic heterocycles. The third-order valence-electron chi connectivity index (χ3n) is 4.11. The predicted octanol–water partition coefficient (Wildman–Crippen LogP) is 5.20. The van der Waals surface area contributed by atoms with E-state index in [4.69, 9.17) is 4.74 Å². The number of hydrogen-bond donors (Lipinski definition) is 3. The van der Waals surface area contributed by atoms with Gasteiger partial charge in [0, 0.05) is 23.8 Å². The van der Waals surface area contributed by atoms with Gasteiger partial charge >= 0.3 is 6.03 Å². The molecule has 3 aromatic carbocycles. The van der Waals surface area contributed by atoms with Crippen LogP contribution < -0.4 is 15.0 Å². The lowest BCUT2D eigenvalue weighted by molar-refractivity contribution is 0.256. The van der Waals surface area contributed by atoms with Crippen molar-refractivity contribution < 1.29 is 19.2 Å². The van der Waals surface area contributed by atoms with E-state index in [1.165, 1.54) is 13.2 Å². The van der Waals surface area contributed by atoms with Gasteiger partial charge in [0.05, 0.1) is 24.2 Å². The number of nitrogens with zero attached hydrogens (tertiary/aromatic N) is 1. The van der Waals surface area contributed by atoms with Crippen molar-refractivity contribution in [2.24, 2.45) is 0 Å². The molecule has 0 fully saturated rings. The molecule has 0 radical (unpaired) electrons. The molecule has 3 rings (SSSR count). The fourth-order valence-electron chi connectivity index (χ4n) is 2.74. The van der Waals surface area contributed by atoms with Gasteiger partial charge in [-0.25, -0.2) is 4.79 Å². The second-order valence-corrected chi connectivity index (χ2v) is 6.57. The first-order valence-corrected chi connectivity index (χ1v) is 9.29. The summed E-state index contributed by atoms with van der Waals surface area (Å²) in [5.74, 6) is 0.252. The topological polar surface area (TPSA) is 82.0 Å². The van der Waals surface area contributed by atoms with E-state index in [-0.39, 0.29) is 17.5 Å². The van der Waals surface area contributed by atoms with Crippen LogP contribution in [0.25, 0.3) is 0 Å². The molecule has 144 valence electrons. The van der Waals surface area contributed by atoms with E-state index in [1.807, 2.05) is 36.4 Å². The lowest BCUT2D eigenvalue weighted by Gasteiger charge is -2.25. The molecule has 0 unspecified atom stereocenters. The molecule has 0 aromatic heterocycles. The number of aromatic hydroxyl groups is 1. The molecule has 3 aromatic rings. The molecule has 0 atom stereocenters. The van der Waals surface area contributed by atoms with Gasteiger partial charge in [-0.05, 0) is 29.8 Å². The second-order valence-electron chi connectivity index (χ2n) is 5.95. The van der Waals surface area contributed by atoms with E-state index in [9.17, 15) is 14.5 Å². The summed E-state index contributed by atoms with van der Waals surface area (Å²) in [6.45, 7) is 0.319. The van der Waals surface area contributed by atoms with E-state index >= 15 is 0 Å². The molecule has 0 bridgehead atoms. The van der Waals surface area contributed by atoms with Crippen LogP contribution in [0.3, 0.4) is 0 Å². The van der Waals surface area contributed by atoms with Crippen LogP contribution in [0.2, 0.25) is 0 Å². The Morgan fingerprint density at radius 3 is 2.50 bits per heavy atom. The number of phenolic OH excluding ortho intramolecular Hbond substituents is 1. The highest BCUT2D eigenvalue weighted by atomic mass is 32.2. The second kappa shape index (κ2) is 9.16. The molecule has 0 saturated heterocycles. The predicted molar refractivity (Wildman–Crippen MR) is 111 cm³/mol. The number of nitrogens with one attached hydrogen (secondary N) is 1. The number of para-hydroxylation sites is 1. The Labute approximate surface area is 167 Å². The lowest BCUT2D eigenvalue weighted by Crippen LogP contribution is -2.34. The van der Waals surface area contributed by atoms with Crippen molar-refractivity contribution in [2.75, 3.05) is 17.3 Å². The first-order valence-electron chi connectivity index (χ1n) is 8.52. The Kier molecular flexibility index (Phi) is 6.41. The van der Waals surface area contributed by atoms with Gasteiger partial charge in [-0.15, -0.1) is 0 Å². The van der Waals surface area contributed by atoms with Crippen molar-refractivity contribution in [3.63, 3.8) is 0 Å². The number of phenols is 1. The third kappa shape index (κ3) is 4.57. The summed E-state index contributed by atoms with van der Waals surface area (Å²) < 4.78 is 14.7. The Morgan fingerprint density at radius 1 is 1.07 bits per heavy atom. The van der Waals surface area contributed by atoms with Gasteiger partial charge in [0.2, 0.25) is 0 Å². The molecular weight excluding hydrogens is 376 g/mol. The number of hydrogen-bond acceptors (Lipinski definition) is 5. The van der Waals surface area contributed by atoms with Crippen LogP contribution in [0, 0.1) is 0 Å². The fraction of sp³-hybridized carbons (Fsp3) is 0.0952. The molecule has 0 aliphatic carbocycles. The molecule has 28 heavy (non-hydrogen) atoms. The van der Waals surface area contributed by atoms with E-state index in [0.717, 1.165) is 5.56 Å². The SMILES string of the molecule is COc1cc(NC(=O)N(Cc2ccccc2)c2ccccc2SO)ccc1O. The van der Waals surface area contributed by atoms with E-state index < -0.39 is 0 Å². The van der Waals surface area contributed by atoms with Crippen LogP contribution in [-0.2, 0) is 6.54 Å². The molecule has 0 heterocycles. The number of carbonyl (C=O) groups excluding carboxylic acids is 1. The fourth-order valence-corrected chi connectivity index (χ4v) is 3.15. The van der Waals surface area contributed by atoms with Crippen molar-refractivity contribution in [1.29, 1.82) is 0 Å². The van der Waals surface area contributed by atoms with Crippen molar-refractivity contribution in [3.05, 3.63) is 78.4 Å². The Morgan fingerprint density at radius 2 is 1.79 bits per heavy atom. The van der Waals surface area contributed by atoms with E-state index in [1.54, 1.807) is 35.2 Å². The zero-order valence-electron chi connectivity index (χ0n) is 15.2. The molecule has 0 spiro atoms. The maximum absolute atomic E-state index is 13.1. The number of ether oxygens (including phenoxy) is 1. The molecule has 6 nitrogen and oxygen atoms in total. The normalized spacial score (nSPS) is 10.4. The first kappa shape index (κ1) is 19.6. The quantitative estimate of drug-likeness (QED) is 0.394. The number of benzene rings is 3. The zero-order valence-corrected chi connectivity index (χ0v) is 16.0. The van der Waals surface area contributed by atoms with Gasteiger partial charge in [-0.3, -0.25) is 4.90 Å². The van der Waals surface area contributed by atoms with Gasteiger partial charge in [0.1, 0.15) is 0 Å². The maximum Gasteiger partial charge on any atom is 0.326 e. The van der Waals surface area contributed by atoms with Crippen molar-refractivity contribution in [1.82, 2.24) is 0 Å². The number of urea groups is 1. The van der Waals surface area contributed by atoms with Crippen molar-refractivity contribution >= 4 is 29.4 Å². The summed E-state index contributed by atoms with van der Waals surface area (Å²) in [6, 6.07) is 20.9. The van der Waals surface area contributed by atoms with E-state index in [2.05, 4.69) is 5.32 Å². The Bertz CT molecular complexity index is 950. The molecule has 0 aliphatic rings. The van der Waals surface area contributed by atoms with Gasteiger partial charge in [0.25, 0.3) is 0 Å². The summed E-state index contributed by atoms with van der Waals surface area (Å²) in [4.78, 5) is 15.2. The summed E-state index contributed by atoms with van der Waals surface area (Å²) in [6.07, 6.45) is 0. The number of amides is 2. The highest BCUT2D eigenvalue weighted by Gasteiger charge is 2.20. The molecule has 0 saturated carbocycles. The smallest absolute Gasteiger partial charge is 0.326 e. The molecule has 2 amide bonds. The minimum atomic E-state index is -0.377. The standard InChI is InChI=1S/C21H20N2O4S/c1-27-19-13-16(11-12-18(19)24)22-21(25)23(14-15-7-3-2-4-8-15)17-9-5-6-10-20(17)28-26/h2-13,24,26H,14H2,1H3,(H,22,25).